The van der Waals surface area contributed by atoms with Gasteiger partial charge in [0.2, 0.25) is 0 Å². The number of carbonyl (C=O) groups excluding carboxylic acids is 1. The fraction of sp³-hybridized carbons (Fsp3) is 0.217. The SMILES string of the molecule is CCC(CC)(NC(=O)c1ccc2ccc3cccc4ccc1c2c34)C(=O)O. The lowest BCUT2D eigenvalue weighted by atomic mass is 9.90. The number of carboxylic acid groups (broad SMARTS) is 1. The van der Waals surface area contributed by atoms with E-state index in [1.54, 1.807) is 19.9 Å². The summed E-state index contributed by atoms with van der Waals surface area (Å²) in [4.78, 5) is 24.8. The second-order valence-corrected chi connectivity index (χ2v) is 7.02. The highest BCUT2D eigenvalue weighted by Crippen LogP contribution is 2.36. The zero-order valence-electron chi connectivity index (χ0n) is 15.4. The van der Waals surface area contributed by atoms with E-state index in [9.17, 15) is 14.7 Å². The van der Waals surface area contributed by atoms with Crippen molar-refractivity contribution in [3.63, 3.8) is 0 Å². The van der Waals surface area contributed by atoms with E-state index < -0.39 is 11.5 Å². The largest absolute Gasteiger partial charge is 0.480 e. The number of amides is 1. The average Bonchev–Trinajstić information content (AvgIpc) is 2.69. The molecule has 1 amide bonds. The number of hydrogen-bond donors (Lipinski definition) is 2. The van der Waals surface area contributed by atoms with Crippen LogP contribution in [0, 0.1) is 0 Å². The monoisotopic (exact) mass is 359 g/mol. The van der Waals surface area contributed by atoms with Crippen LogP contribution in [0.2, 0.25) is 0 Å². The number of aliphatic carboxylic acids is 1. The molecule has 0 fully saturated rings. The average molecular weight is 359 g/mol. The second kappa shape index (κ2) is 6.23. The van der Waals surface area contributed by atoms with Gasteiger partial charge in [-0.25, -0.2) is 4.79 Å². The quantitative estimate of drug-likeness (QED) is 0.495. The first-order valence-corrected chi connectivity index (χ1v) is 9.23. The summed E-state index contributed by atoms with van der Waals surface area (Å²) < 4.78 is 0. The molecule has 0 atom stereocenters. The van der Waals surface area contributed by atoms with Gasteiger partial charge in [0.25, 0.3) is 5.91 Å². The fourth-order valence-electron chi connectivity index (χ4n) is 4.00. The Morgan fingerprint density at radius 1 is 0.852 bits per heavy atom. The molecule has 4 nitrogen and oxygen atoms in total. The third-order valence-corrected chi connectivity index (χ3v) is 5.74. The number of benzene rings is 4. The smallest absolute Gasteiger partial charge is 0.329 e. The number of rotatable bonds is 5. The Labute approximate surface area is 157 Å². The van der Waals surface area contributed by atoms with E-state index in [1.807, 2.05) is 24.3 Å². The van der Waals surface area contributed by atoms with E-state index in [0.29, 0.717) is 18.4 Å². The minimum absolute atomic E-state index is 0.330. The summed E-state index contributed by atoms with van der Waals surface area (Å²) in [6, 6.07) is 18.0. The maximum absolute atomic E-state index is 13.1. The summed E-state index contributed by atoms with van der Waals surface area (Å²) in [5.41, 5.74) is -0.741. The summed E-state index contributed by atoms with van der Waals surface area (Å²) >= 11 is 0. The van der Waals surface area contributed by atoms with Gasteiger partial charge in [0.15, 0.2) is 0 Å². The Kier molecular flexibility index (Phi) is 3.99. The van der Waals surface area contributed by atoms with Crippen molar-refractivity contribution in [3.8, 4) is 0 Å². The number of nitrogens with one attached hydrogen (secondary N) is 1. The highest BCUT2D eigenvalue weighted by Gasteiger charge is 2.36. The van der Waals surface area contributed by atoms with E-state index in [1.165, 1.54) is 0 Å². The normalized spacial score (nSPS) is 12.1. The number of carboxylic acids is 1. The third kappa shape index (κ3) is 2.52. The molecule has 0 spiro atoms. The van der Waals surface area contributed by atoms with E-state index in [2.05, 4.69) is 29.6 Å². The van der Waals surface area contributed by atoms with Crippen LogP contribution in [0.1, 0.15) is 37.0 Å². The molecule has 0 aliphatic carbocycles. The van der Waals surface area contributed by atoms with E-state index in [4.69, 9.17) is 0 Å². The van der Waals surface area contributed by atoms with Crippen LogP contribution in [0.25, 0.3) is 32.3 Å². The van der Waals surface area contributed by atoms with Crippen LogP contribution in [-0.4, -0.2) is 22.5 Å². The Morgan fingerprint density at radius 2 is 1.41 bits per heavy atom. The third-order valence-electron chi connectivity index (χ3n) is 5.74. The van der Waals surface area contributed by atoms with Gasteiger partial charge in [-0.3, -0.25) is 4.79 Å². The lowest BCUT2D eigenvalue weighted by molar-refractivity contribution is -0.144. The van der Waals surface area contributed by atoms with Crippen LogP contribution in [0.5, 0.6) is 0 Å². The molecule has 0 heterocycles. The van der Waals surface area contributed by atoms with E-state index in [0.717, 1.165) is 32.3 Å². The summed E-state index contributed by atoms with van der Waals surface area (Å²) in [5, 5.41) is 18.8. The molecular weight excluding hydrogens is 338 g/mol. The summed E-state index contributed by atoms with van der Waals surface area (Å²) in [6.45, 7) is 3.56. The number of hydrogen-bond acceptors (Lipinski definition) is 2. The van der Waals surface area contributed by atoms with Crippen LogP contribution in [0.15, 0.2) is 54.6 Å². The Bertz CT molecular complexity index is 1160. The molecule has 4 aromatic carbocycles. The van der Waals surface area contributed by atoms with Gasteiger partial charge in [-0.2, -0.15) is 0 Å². The summed E-state index contributed by atoms with van der Waals surface area (Å²) in [7, 11) is 0. The summed E-state index contributed by atoms with van der Waals surface area (Å²) in [5.74, 6) is -1.35. The summed E-state index contributed by atoms with van der Waals surface area (Å²) in [6.07, 6.45) is 0.660. The standard InChI is InChI=1S/C23H21NO3/c1-3-23(4-2,22(26)27)24-21(25)18-13-11-16-9-8-14-6-5-7-15-10-12-17(18)20(16)19(14)15/h5-13H,3-4H2,1-2H3,(H,24,25)(H,26,27). The molecule has 0 saturated carbocycles. The molecule has 0 radical (unpaired) electrons. The van der Waals surface area contributed by atoms with Crippen LogP contribution in [0.3, 0.4) is 0 Å². The van der Waals surface area contributed by atoms with Crippen molar-refractivity contribution in [1.82, 2.24) is 5.32 Å². The Morgan fingerprint density at radius 3 is 2.00 bits per heavy atom. The first-order chi connectivity index (χ1) is 13.0. The highest BCUT2D eigenvalue weighted by molar-refractivity contribution is 6.26. The molecule has 0 saturated heterocycles. The zero-order valence-corrected chi connectivity index (χ0v) is 15.4. The Hall–Kier alpha value is -3.14. The molecule has 4 heteroatoms. The lowest BCUT2D eigenvalue weighted by Crippen LogP contribution is -2.53. The van der Waals surface area contributed by atoms with Crippen LogP contribution in [0.4, 0.5) is 0 Å². The molecule has 0 aliphatic rings. The molecule has 0 bridgehead atoms. The molecule has 4 aromatic rings. The van der Waals surface area contributed by atoms with Crippen molar-refractivity contribution in [1.29, 1.82) is 0 Å². The molecule has 0 aliphatic heterocycles. The molecular formula is C23H21NO3. The molecule has 2 N–H and O–H groups in total. The second-order valence-electron chi connectivity index (χ2n) is 7.02. The van der Waals surface area contributed by atoms with Crippen molar-refractivity contribution in [3.05, 3.63) is 60.2 Å². The van der Waals surface area contributed by atoms with Gasteiger partial charge < -0.3 is 10.4 Å². The van der Waals surface area contributed by atoms with Crippen LogP contribution >= 0.6 is 0 Å². The van der Waals surface area contributed by atoms with Crippen LogP contribution < -0.4 is 5.32 Å². The van der Waals surface area contributed by atoms with Gasteiger partial charge in [0.1, 0.15) is 5.54 Å². The fourth-order valence-corrected chi connectivity index (χ4v) is 4.00. The van der Waals surface area contributed by atoms with Gasteiger partial charge in [0, 0.05) is 5.56 Å². The Balaban J connectivity index is 1.92. The maximum Gasteiger partial charge on any atom is 0.329 e. The van der Waals surface area contributed by atoms with Crippen LogP contribution in [-0.2, 0) is 4.79 Å². The van der Waals surface area contributed by atoms with Crippen molar-refractivity contribution < 1.29 is 14.7 Å². The van der Waals surface area contributed by atoms with Crippen molar-refractivity contribution >= 4 is 44.2 Å². The van der Waals surface area contributed by atoms with Gasteiger partial charge in [-0.05, 0) is 51.2 Å². The first-order valence-electron chi connectivity index (χ1n) is 9.23. The first kappa shape index (κ1) is 17.3. The topological polar surface area (TPSA) is 66.4 Å². The van der Waals surface area contributed by atoms with Gasteiger partial charge >= 0.3 is 5.97 Å². The van der Waals surface area contributed by atoms with Gasteiger partial charge in [-0.1, -0.05) is 62.4 Å². The molecule has 0 unspecified atom stereocenters. The number of carbonyl (C=O) groups is 2. The minimum Gasteiger partial charge on any atom is -0.480 e. The van der Waals surface area contributed by atoms with Crippen molar-refractivity contribution in [2.45, 2.75) is 32.2 Å². The minimum atomic E-state index is -1.25. The predicted octanol–water partition coefficient (Wildman–Crippen LogP) is 4.96. The maximum atomic E-state index is 13.1. The molecule has 136 valence electrons. The molecule has 4 rings (SSSR count). The highest BCUT2D eigenvalue weighted by atomic mass is 16.4. The molecule has 0 aromatic heterocycles. The van der Waals surface area contributed by atoms with Crippen molar-refractivity contribution in [2.24, 2.45) is 0 Å². The lowest BCUT2D eigenvalue weighted by Gasteiger charge is -2.28. The van der Waals surface area contributed by atoms with E-state index >= 15 is 0 Å². The van der Waals surface area contributed by atoms with Crippen molar-refractivity contribution in [2.75, 3.05) is 0 Å². The van der Waals surface area contributed by atoms with Gasteiger partial charge in [-0.15, -0.1) is 0 Å². The molecule has 27 heavy (non-hydrogen) atoms. The van der Waals surface area contributed by atoms with E-state index in [-0.39, 0.29) is 5.91 Å². The predicted molar refractivity (Wildman–Crippen MR) is 109 cm³/mol. The van der Waals surface area contributed by atoms with Gasteiger partial charge in [0.05, 0.1) is 0 Å². The zero-order chi connectivity index (χ0) is 19.2.